The van der Waals surface area contributed by atoms with Gasteiger partial charge in [-0.15, -0.1) is 0 Å². The van der Waals surface area contributed by atoms with Crippen molar-refractivity contribution in [2.45, 2.75) is 233 Å². The highest BCUT2D eigenvalue weighted by molar-refractivity contribution is 5.43. The SMILES string of the molecule is CCCCCCCCON1C(C)(C)CC(CCCCNc2nc(NCCCCC3CC(C)(C)N(OCCCCCCCC)C(C)(C)C3)nc(N(COC)COC)n2)CC1(C)C. The lowest BCUT2D eigenvalue weighted by Gasteiger charge is -2.54. The zero-order chi connectivity index (χ0) is 44.8. The zero-order valence-corrected chi connectivity index (χ0v) is 41.8. The van der Waals surface area contributed by atoms with Crippen LogP contribution in [0.5, 0.6) is 0 Å². The predicted molar refractivity (Wildman–Crippen MR) is 255 cm³/mol. The normalized spacial score (nSPS) is 19.3. The molecule has 2 aliphatic rings. The topological polar surface area (TPSA) is 109 Å². The highest BCUT2D eigenvalue weighted by atomic mass is 16.7. The summed E-state index contributed by atoms with van der Waals surface area (Å²) in [7, 11) is 3.35. The molecule has 12 nitrogen and oxygen atoms in total. The number of nitrogens with one attached hydrogen (secondary N) is 2. The maximum absolute atomic E-state index is 6.50. The van der Waals surface area contributed by atoms with Gasteiger partial charge in [0.05, 0.1) is 13.2 Å². The maximum Gasteiger partial charge on any atom is 0.235 e. The number of rotatable bonds is 33. The molecule has 0 bridgehead atoms. The number of hydroxylamine groups is 4. The van der Waals surface area contributed by atoms with Crippen LogP contribution in [0.4, 0.5) is 17.8 Å². The van der Waals surface area contributed by atoms with Gasteiger partial charge in [0, 0.05) is 49.5 Å². The second kappa shape index (κ2) is 27.5. The van der Waals surface area contributed by atoms with Crippen LogP contribution in [0.1, 0.15) is 210 Å². The number of unbranched alkanes of at least 4 members (excludes halogenated alkanes) is 12. The van der Waals surface area contributed by atoms with E-state index in [9.17, 15) is 0 Å². The van der Waals surface area contributed by atoms with Crippen molar-refractivity contribution < 1.29 is 19.1 Å². The maximum atomic E-state index is 6.50. The van der Waals surface area contributed by atoms with Crippen LogP contribution in [-0.4, -0.2) is 101 Å². The number of hydrogen-bond donors (Lipinski definition) is 2. The van der Waals surface area contributed by atoms with E-state index in [0.717, 1.165) is 90.5 Å². The first-order valence-electron chi connectivity index (χ1n) is 24.9. The number of nitrogens with zero attached hydrogens (tertiary/aromatic N) is 6. The van der Waals surface area contributed by atoms with E-state index in [4.69, 9.17) is 34.1 Å². The second-order valence-corrected chi connectivity index (χ2v) is 21.1. The van der Waals surface area contributed by atoms with E-state index in [2.05, 4.69) is 90.0 Å². The molecular formula is C49H96N8O4. The standard InChI is InChI=1S/C49H96N8O4/c1-13-15-17-19-21-27-33-60-56-46(3,4)35-41(36-47(56,5)6)29-23-25-31-50-43-52-44(54-45(53-43)55(39-58-11)40-59-12)51-32-26-24-30-42-37-48(7,8)57(49(9,10)38-42)61-34-28-22-20-18-16-14-2/h41-42H,13-40H2,1-12H3,(H2,50,51,52,53,54). The molecule has 3 heterocycles. The first-order chi connectivity index (χ1) is 29.1. The first kappa shape index (κ1) is 53.5. The Bertz CT molecular complexity index is 1180. The minimum absolute atomic E-state index is 0.0152. The quantitative estimate of drug-likeness (QED) is 0.0519. The van der Waals surface area contributed by atoms with Crippen LogP contribution in [-0.2, 0) is 19.1 Å². The van der Waals surface area contributed by atoms with E-state index in [1.165, 1.54) is 77.0 Å². The molecule has 0 unspecified atom stereocenters. The fraction of sp³-hybridized carbons (Fsp3) is 0.939. The third-order valence-corrected chi connectivity index (χ3v) is 12.9. The van der Waals surface area contributed by atoms with Gasteiger partial charge in [0.2, 0.25) is 17.8 Å². The smallest absolute Gasteiger partial charge is 0.235 e. The van der Waals surface area contributed by atoms with Gasteiger partial charge in [0.15, 0.2) is 0 Å². The molecule has 0 aromatic carbocycles. The van der Waals surface area contributed by atoms with Crippen LogP contribution in [0.3, 0.4) is 0 Å². The van der Waals surface area contributed by atoms with Crippen LogP contribution in [0.2, 0.25) is 0 Å². The molecule has 1 aromatic rings. The van der Waals surface area contributed by atoms with E-state index in [-0.39, 0.29) is 22.2 Å². The first-order valence-corrected chi connectivity index (χ1v) is 24.9. The molecule has 0 aliphatic carbocycles. The molecular weight excluding hydrogens is 765 g/mol. The number of piperidine rings is 2. The summed E-state index contributed by atoms with van der Waals surface area (Å²) in [5.41, 5.74) is 0.0610. The zero-order valence-electron chi connectivity index (χ0n) is 41.8. The lowest BCUT2D eigenvalue weighted by Crippen LogP contribution is -2.60. The summed E-state index contributed by atoms with van der Waals surface area (Å²) in [5, 5.41) is 11.7. The second-order valence-electron chi connectivity index (χ2n) is 21.1. The Balaban J connectivity index is 1.46. The Kier molecular flexibility index (Phi) is 24.1. The Morgan fingerprint density at radius 2 is 0.869 bits per heavy atom. The summed E-state index contributed by atoms with van der Waals surface area (Å²) < 4.78 is 10.9. The highest BCUT2D eigenvalue weighted by Crippen LogP contribution is 2.44. The van der Waals surface area contributed by atoms with Crippen molar-refractivity contribution in [3.63, 3.8) is 0 Å². The predicted octanol–water partition coefficient (Wildman–Crippen LogP) is 12.2. The lowest BCUT2D eigenvalue weighted by atomic mass is 9.73. The van der Waals surface area contributed by atoms with Crippen LogP contribution < -0.4 is 15.5 Å². The summed E-state index contributed by atoms with van der Waals surface area (Å²) in [5.74, 6) is 3.05. The van der Waals surface area contributed by atoms with Gasteiger partial charge < -0.3 is 20.1 Å². The summed E-state index contributed by atoms with van der Waals surface area (Å²) in [6.07, 6.45) is 26.9. The summed E-state index contributed by atoms with van der Waals surface area (Å²) >= 11 is 0. The van der Waals surface area contributed by atoms with Crippen molar-refractivity contribution in [2.24, 2.45) is 11.8 Å². The molecule has 12 heteroatoms. The molecule has 2 fully saturated rings. The van der Waals surface area contributed by atoms with Gasteiger partial charge in [-0.25, -0.2) is 0 Å². The van der Waals surface area contributed by atoms with Gasteiger partial charge in [-0.3, -0.25) is 14.6 Å². The number of methoxy groups -OCH3 is 2. The molecule has 0 saturated carbocycles. The monoisotopic (exact) mass is 861 g/mol. The van der Waals surface area contributed by atoms with E-state index >= 15 is 0 Å². The fourth-order valence-corrected chi connectivity index (χ4v) is 10.8. The molecule has 356 valence electrons. The molecule has 0 radical (unpaired) electrons. The van der Waals surface area contributed by atoms with Crippen LogP contribution in [0.15, 0.2) is 0 Å². The average Bonchev–Trinajstić information content (AvgIpc) is 3.17. The summed E-state index contributed by atoms with van der Waals surface area (Å²) in [6, 6.07) is 0. The number of aromatic nitrogens is 3. The Hall–Kier alpha value is -1.83. The van der Waals surface area contributed by atoms with E-state index in [1.807, 2.05) is 4.90 Å². The van der Waals surface area contributed by atoms with Gasteiger partial charge in [-0.2, -0.15) is 25.1 Å². The van der Waals surface area contributed by atoms with Gasteiger partial charge in [-0.1, -0.05) is 104 Å². The third-order valence-electron chi connectivity index (χ3n) is 12.9. The van der Waals surface area contributed by atoms with Crippen molar-refractivity contribution in [1.82, 2.24) is 25.1 Å². The summed E-state index contributed by atoms with van der Waals surface area (Å²) in [4.78, 5) is 29.3. The Morgan fingerprint density at radius 3 is 1.23 bits per heavy atom. The molecule has 0 atom stereocenters. The Labute approximate surface area is 375 Å². The van der Waals surface area contributed by atoms with Crippen LogP contribution in [0, 0.1) is 11.8 Å². The number of ether oxygens (including phenoxy) is 2. The van der Waals surface area contributed by atoms with Crippen molar-refractivity contribution >= 4 is 17.8 Å². The van der Waals surface area contributed by atoms with E-state index < -0.39 is 0 Å². The molecule has 2 N–H and O–H groups in total. The van der Waals surface area contributed by atoms with Gasteiger partial charge in [0.25, 0.3) is 0 Å². The van der Waals surface area contributed by atoms with Crippen LogP contribution >= 0.6 is 0 Å². The minimum atomic E-state index is 0.0152. The van der Waals surface area contributed by atoms with E-state index in [0.29, 0.717) is 43.1 Å². The molecule has 0 amide bonds. The molecule has 1 aromatic heterocycles. The highest BCUT2D eigenvalue weighted by Gasteiger charge is 2.47. The summed E-state index contributed by atoms with van der Waals surface area (Å²) in [6.45, 7) is 27.4. The van der Waals surface area contributed by atoms with Gasteiger partial charge in [0.1, 0.15) is 13.5 Å². The number of hydrogen-bond acceptors (Lipinski definition) is 12. The lowest BCUT2D eigenvalue weighted by molar-refractivity contribution is -0.288. The van der Waals surface area contributed by atoms with Gasteiger partial charge in [-0.05, 0) is 119 Å². The van der Waals surface area contributed by atoms with Gasteiger partial charge >= 0.3 is 0 Å². The van der Waals surface area contributed by atoms with Crippen molar-refractivity contribution in [3.05, 3.63) is 0 Å². The third kappa shape index (κ3) is 19.0. The largest absolute Gasteiger partial charge is 0.364 e. The molecule has 2 saturated heterocycles. The molecule has 61 heavy (non-hydrogen) atoms. The number of anilines is 3. The molecule has 0 spiro atoms. The molecule has 2 aliphatic heterocycles. The minimum Gasteiger partial charge on any atom is -0.364 e. The van der Waals surface area contributed by atoms with Crippen molar-refractivity contribution in [2.75, 3.05) is 69.5 Å². The average molecular weight is 861 g/mol. The fourth-order valence-electron chi connectivity index (χ4n) is 10.8. The van der Waals surface area contributed by atoms with Crippen molar-refractivity contribution in [1.29, 1.82) is 0 Å². The Morgan fingerprint density at radius 1 is 0.508 bits per heavy atom. The molecule has 3 rings (SSSR count). The van der Waals surface area contributed by atoms with Crippen LogP contribution in [0.25, 0.3) is 0 Å². The van der Waals surface area contributed by atoms with Crippen molar-refractivity contribution in [3.8, 4) is 0 Å². The van der Waals surface area contributed by atoms with E-state index in [1.54, 1.807) is 14.2 Å².